The number of aromatic nitrogens is 1. The van der Waals surface area contributed by atoms with Crippen LogP contribution in [0.4, 0.5) is 4.39 Å². The minimum atomic E-state index is -0.286. The van der Waals surface area contributed by atoms with Gasteiger partial charge in [-0.2, -0.15) is 0 Å². The molecule has 1 atom stereocenters. The zero-order chi connectivity index (χ0) is 20.4. The van der Waals surface area contributed by atoms with E-state index in [-0.39, 0.29) is 18.1 Å². The molecule has 2 aromatic rings. The van der Waals surface area contributed by atoms with E-state index in [0.717, 1.165) is 23.5 Å². The number of benzene rings is 1. The number of halogens is 1. The zero-order valence-electron chi connectivity index (χ0n) is 16.3. The highest BCUT2D eigenvalue weighted by atomic mass is 32.1. The van der Waals surface area contributed by atoms with E-state index in [1.165, 1.54) is 42.7 Å². The van der Waals surface area contributed by atoms with E-state index < -0.39 is 0 Å². The molecule has 0 saturated carbocycles. The van der Waals surface area contributed by atoms with Crippen molar-refractivity contribution in [3.05, 3.63) is 41.2 Å². The lowest BCUT2D eigenvalue weighted by atomic mass is 9.99. The Kier molecular flexibility index (Phi) is 9.30. The summed E-state index contributed by atoms with van der Waals surface area (Å²) in [4.78, 5) is 16.5. The highest BCUT2D eigenvalue weighted by molar-refractivity contribution is 7.80. The van der Waals surface area contributed by atoms with Gasteiger partial charge in [0.2, 0.25) is 5.91 Å². The van der Waals surface area contributed by atoms with Crippen molar-refractivity contribution in [3.8, 4) is 10.6 Å². The van der Waals surface area contributed by atoms with Gasteiger partial charge in [0.05, 0.1) is 12.1 Å². The topological polar surface area (TPSA) is 66.0 Å². The molecule has 152 valence electrons. The van der Waals surface area contributed by atoms with Crippen molar-refractivity contribution in [3.63, 3.8) is 0 Å². The third-order valence-corrected chi connectivity index (χ3v) is 5.58. The second-order valence-electron chi connectivity index (χ2n) is 6.63. The Balaban J connectivity index is 1.73. The molecule has 0 spiro atoms. The van der Waals surface area contributed by atoms with Gasteiger partial charge in [-0.3, -0.25) is 15.6 Å². The molecule has 28 heavy (non-hydrogen) atoms. The van der Waals surface area contributed by atoms with Crippen molar-refractivity contribution in [2.45, 2.75) is 46.0 Å². The zero-order valence-corrected chi connectivity index (χ0v) is 17.9. The number of hydrogen-bond acceptors (Lipinski definition) is 4. The molecule has 0 fully saturated rings. The quantitative estimate of drug-likeness (QED) is 0.417. The summed E-state index contributed by atoms with van der Waals surface area (Å²) >= 11 is 6.64. The van der Waals surface area contributed by atoms with E-state index in [9.17, 15) is 9.18 Å². The maximum atomic E-state index is 13.0. The molecule has 8 heteroatoms. The van der Waals surface area contributed by atoms with E-state index in [1.807, 2.05) is 5.38 Å². The summed E-state index contributed by atoms with van der Waals surface area (Å²) in [5.74, 6) is 0.0691. The third-order valence-electron chi connectivity index (χ3n) is 4.39. The van der Waals surface area contributed by atoms with Gasteiger partial charge in [-0.25, -0.2) is 9.37 Å². The molecule has 0 unspecified atom stereocenters. The van der Waals surface area contributed by atoms with Crippen LogP contribution in [0.5, 0.6) is 0 Å². The van der Waals surface area contributed by atoms with Crippen LogP contribution < -0.4 is 16.2 Å². The van der Waals surface area contributed by atoms with Crippen LogP contribution in [0.25, 0.3) is 10.6 Å². The summed E-state index contributed by atoms with van der Waals surface area (Å²) in [5.41, 5.74) is 6.82. The monoisotopic (exact) mass is 422 g/mol. The minimum absolute atomic E-state index is 0.140. The largest absolute Gasteiger partial charge is 0.361 e. The maximum Gasteiger partial charge on any atom is 0.244 e. The van der Waals surface area contributed by atoms with Gasteiger partial charge in [-0.05, 0) is 48.8 Å². The lowest BCUT2D eigenvalue weighted by molar-refractivity contribution is -0.121. The van der Waals surface area contributed by atoms with E-state index in [4.69, 9.17) is 12.2 Å². The van der Waals surface area contributed by atoms with Crippen molar-refractivity contribution in [2.24, 2.45) is 5.92 Å². The number of thiocarbonyl (C=S) groups is 1. The van der Waals surface area contributed by atoms with Crippen molar-refractivity contribution < 1.29 is 9.18 Å². The average molecular weight is 423 g/mol. The average Bonchev–Trinajstić information content (AvgIpc) is 3.15. The molecule has 0 aliphatic rings. The normalized spacial score (nSPS) is 11.7. The lowest BCUT2D eigenvalue weighted by Crippen LogP contribution is -2.48. The maximum absolute atomic E-state index is 13.0. The first-order valence-electron chi connectivity index (χ1n) is 9.54. The predicted molar refractivity (Wildman–Crippen MR) is 116 cm³/mol. The fourth-order valence-corrected chi connectivity index (χ4v) is 3.63. The molecule has 3 N–H and O–H groups in total. The minimum Gasteiger partial charge on any atom is -0.361 e. The van der Waals surface area contributed by atoms with Gasteiger partial charge >= 0.3 is 0 Å². The summed E-state index contributed by atoms with van der Waals surface area (Å²) in [6.45, 7) is 5.16. The van der Waals surface area contributed by atoms with E-state index in [1.54, 1.807) is 12.1 Å². The number of carbonyl (C=O) groups is 1. The van der Waals surface area contributed by atoms with Crippen molar-refractivity contribution in [1.82, 2.24) is 21.2 Å². The van der Waals surface area contributed by atoms with Gasteiger partial charge in [0.15, 0.2) is 5.11 Å². The lowest BCUT2D eigenvalue weighted by Gasteiger charge is -2.17. The van der Waals surface area contributed by atoms with E-state index in [0.29, 0.717) is 16.7 Å². The number of nitrogens with one attached hydrogen (secondary N) is 3. The van der Waals surface area contributed by atoms with E-state index in [2.05, 4.69) is 35.0 Å². The fraction of sp³-hybridized carbons (Fsp3) is 0.450. The second-order valence-corrected chi connectivity index (χ2v) is 7.89. The molecule has 1 aromatic heterocycles. The number of thiazole rings is 1. The van der Waals surface area contributed by atoms with Crippen LogP contribution in [0, 0.1) is 11.7 Å². The summed E-state index contributed by atoms with van der Waals surface area (Å²) in [7, 11) is 0. The highest BCUT2D eigenvalue weighted by Crippen LogP contribution is 2.24. The summed E-state index contributed by atoms with van der Waals surface area (Å²) in [6, 6.07) is 6.14. The Hall–Kier alpha value is -2.06. The molecular weight excluding hydrogens is 395 g/mol. The van der Waals surface area contributed by atoms with Crippen molar-refractivity contribution in [2.75, 3.05) is 6.54 Å². The Labute approximate surface area is 175 Å². The second kappa shape index (κ2) is 11.7. The Bertz CT molecular complexity index is 764. The summed E-state index contributed by atoms with van der Waals surface area (Å²) < 4.78 is 13.0. The molecule has 0 aliphatic heterocycles. The molecule has 0 saturated heterocycles. The molecule has 0 aliphatic carbocycles. The van der Waals surface area contributed by atoms with Gasteiger partial charge in [-0.15, -0.1) is 11.3 Å². The molecule has 0 bridgehead atoms. The molecule has 1 heterocycles. The third kappa shape index (κ3) is 7.52. The van der Waals surface area contributed by atoms with Crippen LogP contribution in [0.1, 0.15) is 45.2 Å². The Morgan fingerprint density at radius 1 is 1.25 bits per heavy atom. The number of amides is 1. The molecule has 2 rings (SSSR count). The number of carbonyl (C=O) groups excluding carboxylic acids is 1. The number of unbranched alkanes of at least 4 members (excludes halogenated alkanes) is 1. The number of hydrazine groups is 1. The first kappa shape index (κ1) is 22.2. The number of hydrogen-bond donors (Lipinski definition) is 3. The van der Waals surface area contributed by atoms with Gasteiger partial charge in [-0.1, -0.05) is 33.1 Å². The first-order valence-corrected chi connectivity index (χ1v) is 10.8. The van der Waals surface area contributed by atoms with Crippen LogP contribution in [-0.4, -0.2) is 22.5 Å². The van der Waals surface area contributed by atoms with E-state index >= 15 is 0 Å². The van der Waals surface area contributed by atoms with Gasteiger partial charge < -0.3 is 5.32 Å². The van der Waals surface area contributed by atoms with Crippen LogP contribution in [-0.2, 0) is 11.2 Å². The predicted octanol–water partition coefficient (Wildman–Crippen LogP) is 4.20. The molecule has 5 nitrogen and oxygen atoms in total. The molecule has 0 radical (unpaired) electrons. The van der Waals surface area contributed by atoms with Gasteiger partial charge in [0.25, 0.3) is 0 Å². The standard InChI is InChI=1S/C20H27FN4OS2/c1-3-5-6-14(4-2)12-22-20(27)25-24-18(26)11-17-13-28-19(23-17)15-7-9-16(21)10-8-15/h7-10,13-14H,3-6,11-12H2,1-2H3,(H,24,26)(H2,22,25,27)/t14-/m1/s1. The van der Waals surface area contributed by atoms with Crippen LogP contribution >= 0.6 is 23.6 Å². The Morgan fingerprint density at radius 2 is 2.00 bits per heavy atom. The molecule has 1 aromatic carbocycles. The van der Waals surface area contributed by atoms with Crippen LogP contribution in [0.15, 0.2) is 29.6 Å². The molecular formula is C20H27FN4OS2. The first-order chi connectivity index (χ1) is 13.5. The van der Waals surface area contributed by atoms with Crippen LogP contribution in [0.2, 0.25) is 0 Å². The highest BCUT2D eigenvalue weighted by Gasteiger charge is 2.10. The van der Waals surface area contributed by atoms with Gasteiger partial charge in [0.1, 0.15) is 10.8 Å². The summed E-state index contributed by atoms with van der Waals surface area (Å²) in [6.07, 6.45) is 4.82. The van der Waals surface area contributed by atoms with Crippen molar-refractivity contribution in [1.29, 1.82) is 0 Å². The SMILES string of the molecule is CCCC[C@@H](CC)CNC(=S)NNC(=O)Cc1csc(-c2ccc(F)cc2)n1. The van der Waals surface area contributed by atoms with Crippen LogP contribution in [0.3, 0.4) is 0 Å². The number of rotatable bonds is 9. The molecule has 1 amide bonds. The summed E-state index contributed by atoms with van der Waals surface area (Å²) in [5, 5.41) is 6.15. The number of nitrogens with zero attached hydrogens (tertiary/aromatic N) is 1. The Morgan fingerprint density at radius 3 is 2.68 bits per heavy atom. The van der Waals surface area contributed by atoms with Gasteiger partial charge in [0, 0.05) is 17.5 Å². The smallest absolute Gasteiger partial charge is 0.244 e. The fourth-order valence-electron chi connectivity index (χ4n) is 2.67. The van der Waals surface area contributed by atoms with Crippen molar-refractivity contribution >= 4 is 34.6 Å².